The molecule has 0 saturated carbocycles. The van der Waals surface area contributed by atoms with Gasteiger partial charge in [0.15, 0.2) is 0 Å². The zero-order valence-corrected chi connectivity index (χ0v) is 15.6. The minimum Gasteiger partial charge on any atom is -0.489 e. The van der Waals surface area contributed by atoms with Crippen LogP contribution in [0.4, 0.5) is 0 Å². The van der Waals surface area contributed by atoms with Crippen LogP contribution < -0.4 is 0 Å². The van der Waals surface area contributed by atoms with Gasteiger partial charge in [-0.3, -0.25) is 14.4 Å². The Balaban J connectivity index is 2.18. The summed E-state index contributed by atoms with van der Waals surface area (Å²) in [5.74, 6) is -2.71. The van der Waals surface area contributed by atoms with Gasteiger partial charge in [-0.15, -0.1) is 0 Å². The van der Waals surface area contributed by atoms with Crippen molar-refractivity contribution >= 4 is 17.5 Å². The molecule has 0 heterocycles. The number of rotatable bonds is 5. The number of fused-ring (bicyclic) bond motifs is 1. The van der Waals surface area contributed by atoms with Crippen LogP contribution in [0.25, 0.3) is 0 Å². The van der Waals surface area contributed by atoms with E-state index in [9.17, 15) is 19.5 Å². The lowest BCUT2D eigenvalue weighted by Gasteiger charge is -2.36. The van der Waals surface area contributed by atoms with Gasteiger partial charge < -0.3 is 14.6 Å². The second-order valence-corrected chi connectivity index (χ2v) is 6.84. The lowest BCUT2D eigenvalue weighted by molar-refractivity contribution is -0.138. The van der Waals surface area contributed by atoms with Gasteiger partial charge in [-0.1, -0.05) is 24.3 Å². The smallest absolute Gasteiger partial charge is 0.303 e. The van der Waals surface area contributed by atoms with Crippen LogP contribution in [-0.2, 0) is 30.3 Å². The highest BCUT2D eigenvalue weighted by Gasteiger charge is 2.43. The SMILES string of the molecule is COC1=C(OC)C(=O)C([C@H]2c3ccccc3CC[C@@H]2CC(=O)O)=C(C)C1=O. The third kappa shape index (κ3) is 3.16. The van der Waals surface area contributed by atoms with Crippen molar-refractivity contribution in [3.05, 3.63) is 58.1 Å². The van der Waals surface area contributed by atoms with Crippen molar-refractivity contribution in [2.45, 2.75) is 32.1 Å². The maximum atomic E-state index is 13.2. The number of Topliss-reactive ketones (excluding diaryl/α,β-unsaturated/α-hetero) is 2. The quantitative estimate of drug-likeness (QED) is 0.802. The number of benzene rings is 1. The van der Waals surface area contributed by atoms with E-state index in [1.165, 1.54) is 14.2 Å². The van der Waals surface area contributed by atoms with Crippen LogP contribution >= 0.6 is 0 Å². The third-order valence-corrected chi connectivity index (χ3v) is 5.41. The van der Waals surface area contributed by atoms with Gasteiger partial charge in [0.2, 0.25) is 23.1 Å². The van der Waals surface area contributed by atoms with Gasteiger partial charge in [-0.05, 0) is 36.8 Å². The molecule has 0 unspecified atom stereocenters. The Bertz CT molecular complexity index is 876. The van der Waals surface area contributed by atoms with Crippen molar-refractivity contribution in [1.29, 1.82) is 0 Å². The maximum Gasteiger partial charge on any atom is 0.303 e. The highest BCUT2D eigenvalue weighted by Crippen LogP contribution is 2.46. The van der Waals surface area contributed by atoms with E-state index in [4.69, 9.17) is 9.47 Å². The first-order valence-corrected chi connectivity index (χ1v) is 8.82. The number of hydrogen-bond donors (Lipinski definition) is 1. The first-order valence-electron chi connectivity index (χ1n) is 8.82. The Morgan fingerprint density at radius 2 is 1.74 bits per heavy atom. The van der Waals surface area contributed by atoms with Gasteiger partial charge in [-0.2, -0.15) is 0 Å². The van der Waals surface area contributed by atoms with E-state index >= 15 is 0 Å². The van der Waals surface area contributed by atoms with Crippen LogP contribution in [0.5, 0.6) is 0 Å². The summed E-state index contributed by atoms with van der Waals surface area (Å²) in [6, 6.07) is 7.69. The zero-order valence-electron chi connectivity index (χ0n) is 15.6. The van der Waals surface area contributed by atoms with Crippen molar-refractivity contribution in [3.8, 4) is 0 Å². The molecule has 0 saturated heterocycles. The molecule has 0 bridgehead atoms. The van der Waals surface area contributed by atoms with E-state index in [0.29, 0.717) is 12.0 Å². The number of carboxylic acid groups (broad SMARTS) is 1. The second kappa shape index (κ2) is 7.39. The summed E-state index contributed by atoms with van der Waals surface area (Å²) in [5.41, 5.74) is 2.58. The Morgan fingerprint density at radius 3 is 2.37 bits per heavy atom. The van der Waals surface area contributed by atoms with Crippen LogP contribution in [0.1, 0.15) is 36.8 Å². The number of carboxylic acids is 1. The molecule has 1 N–H and O–H groups in total. The van der Waals surface area contributed by atoms with E-state index in [1.807, 2.05) is 24.3 Å². The topological polar surface area (TPSA) is 89.9 Å². The highest BCUT2D eigenvalue weighted by molar-refractivity contribution is 6.24. The van der Waals surface area contributed by atoms with Crippen LogP contribution in [0.15, 0.2) is 46.9 Å². The number of allylic oxidation sites excluding steroid dienone is 2. The van der Waals surface area contributed by atoms with Gasteiger partial charge in [0.25, 0.3) is 0 Å². The highest BCUT2D eigenvalue weighted by atomic mass is 16.5. The molecule has 6 nitrogen and oxygen atoms in total. The zero-order chi connectivity index (χ0) is 19.7. The molecular formula is C21H22O6. The predicted octanol–water partition coefficient (Wildman–Crippen LogP) is 2.78. The molecule has 0 radical (unpaired) electrons. The molecule has 3 rings (SSSR count). The molecule has 6 heteroatoms. The summed E-state index contributed by atoms with van der Waals surface area (Å²) in [7, 11) is 2.64. The molecule has 0 amide bonds. The van der Waals surface area contributed by atoms with E-state index in [-0.39, 0.29) is 29.4 Å². The summed E-state index contributed by atoms with van der Waals surface area (Å²) in [6.45, 7) is 1.59. The largest absolute Gasteiger partial charge is 0.489 e. The third-order valence-electron chi connectivity index (χ3n) is 5.41. The van der Waals surface area contributed by atoms with E-state index in [2.05, 4.69) is 0 Å². The molecule has 0 aliphatic heterocycles. The van der Waals surface area contributed by atoms with Gasteiger partial charge in [0, 0.05) is 23.5 Å². The van der Waals surface area contributed by atoms with Crippen molar-refractivity contribution < 1.29 is 29.0 Å². The summed E-state index contributed by atoms with van der Waals surface area (Å²) in [5, 5.41) is 9.37. The molecule has 0 fully saturated rings. The van der Waals surface area contributed by atoms with Crippen LogP contribution in [0, 0.1) is 5.92 Å². The molecule has 1 aromatic rings. The molecule has 2 atom stereocenters. The number of carbonyl (C=O) groups is 3. The fraction of sp³-hybridized carbons (Fsp3) is 0.381. The minimum absolute atomic E-state index is 0.0690. The van der Waals surface area contributed by atoms with Gasteiger partial charge in [-0.25, -0.2) is 0 Å². The first-order chi connectivity index (χ1) is 12.9. The summed E-state index contributed by atoms with van der Waals surface area (Å²) in [6.07, 6.45) is 1.31. The molecule has 142 valence electrons. The molecule has 2 aliphatic rings. The Hall–Kier alpha value is -2.89. The Kier molecular flexibility index (Phi) is 5.17. The summed E-state index contributed by atoms with van der Waals surface area (Å²) >= 11 is 0. The Morgan fingerprint density at radius 1 is 1.11 bits per heavy atom. The van der Waals surface area contributed by atoms with Crippen LogP contribution in [0.3, 0.4) is 0 Å². The number of hydrogen-bond acceptors (Lipinski definition) is 5. The van der Waals surface area contributed by atoms with Crippen LogP contribution in [-0.4, -0.2) is 36.9 Å². The first kappa shape index (κ1) is 18.9. The van der Waals surface area contributed by atoms with E-state index in [0.717, 1.165) is 17.5 Å². The predicted molar refractivity (Wildman–Crippen MR) is 97.0 cm³/mol. The molecule has 2 aliphatic carbocycles. The lowest BCUT2D eigenvalue weighted by atomic mass is 9.67. The molecule has 0 aromatic heterocycles. The monoisotopic (exact) mass is 370 g/mol. The van der Waals surface area contributed by atoms with Crippen molar-refractivity contribution in [3.63, 3.8) is 0 Å². The number of aliphatic carboxylic acids is 1. The average molecular weight is 370 g/mol. The number of ketones is 2. The normalized spacial score (nSPS) is 22.6. The van der Waals surface area contributed by atoms with Crippen molar-refractivity contribution in [2.75, 3.05) is 14.2 Å². The van der Waals surface area contributed by atoms with Crippen molar-refractivity contribution in [2.24, 2.45) is 5.92 Å². The minimum atomic E-state index is -0.919. The number of ether oxygens (including phenoxy) is 2. The van der Waals surface area contributed by atoms with Crippen LogP contribution in [0.2, 0.25) is 0 Å². The summed E-state index contributed by atoms with van der Waals surface area (Å²) < 4.78 is 10.3. The number of carbonyl (C=O) groups excluding carboxylic acids is 2. The Labute approximate surface area is 157 Å². The lowest BCUT2D eigenvalue weighted by Crippen LogP contribution is -2.33. The molecule has 27 heavy (non-hydrogen) atoms. The van der Waals surface area contributed by atoms with E-state index in [1.54, 1.807) is 6.92 Å². The fourth-order valence-electron chi connectivity index (χ4n) is 4.20. The van der Waals surface area contributed by atoms with Gasteiger partial charge in [0.1, 0.15) is 0 Å². The van der Waals surface area contributed by atoms with Gasteiger partial charge in [0.05, 0.1) is 14.2 Å². The molecular weight excluding hydrogens is 348 g/mol. The number of aryl methyl sites for hydroxylation is 1. The van der Waals surface area contributed by atoms with E-state index < -0.39 is 23.5 Å². The standard InChI is InChI=1S/C21H22O6/c1-11-16(19(25)21(27-3)20(26-2)18(11)24)17-13(10-15(22)23)9-8-12-6-4-5-7-14(12)17/h4-7,13,17H,8-10H2,1-3H3,(H,22,23)/t13-,17-/m1/s1. The molecule has 0 spiro atoms. The average Bonchev–Trinajstić information content (AvgIpc) is 2.65. The van der Waals surface area contributed by atoms with Gasteiger partial charge >= 0.3 is 5.97 Å². The molecule has 1 aromatic carbocycles. The van der Waals surface area contributed by atoms with Crippen molar-refractivity contribution in [1.82, 2.24) is 0 Å². The summed E-state index contributed by atoms with van der Waals surface area (Å²) in [4.78, 5) is 37.4. The number of methoxy groups -OCH3 is 2. The second-order valence-electron chi connectivity index (χ2n) is 6.84. The fourth-order valence-corrected chi connectivity index (χ4v) is 4.20. The maximum absolute atomic E-state index is 13.2.